The SMILES string of the molecule is Cc1cccc(C(O)CNCc2cccc3cn[nH]c23)c1. The van der Waals surface area contributed by atoms with Gasteiger partial charge in [0.25, 0.3) is 0 Å². The van der Waals surface area contributed by atoms with E-state index in [0.717, 1.165) is 27.6 Å². The van der Waals surface area contributed by atoms with Crippen LogP contribution in [0.15, 0.2) is 48.7 Å². The first-order valence-electron chi connectivity index (χ1n) is 7.10. The van der Waals surface area contributed by atoms with Gasteiger partial charge in [0, 0.05) is 18.5 Å². The summed E-state index contributed by atoms with van der Waals surface area (Å²) in [5.74, 6) is 0. The first kappa shape index (κ1) is 13.8. The lowest BCUT2D eigenvalue weighted by molar-refractivity contribution is 0.174. The van der Waals surface area contributed by atoms with E-state index in [4.69, 9.17) is 0 Å². The average molecular weight is 281 g/mol. The molecular formula is C17H19N3O. The first-order valence-corrected chi connectivity index (χ1v) is 7.10. The van der Waals surface area contributed by atoms with Gasteiger partial charge >= 0.3 is 0 Å². The van der Waals surface area contributed by atoms with Gasteiger partial charge in [0.05, 0.1) is 17.8 Å². The van der Waals surface area contributed by atoms with Crippen LogP contribution in [-0.2, 0) is 6.54 Å². The van der Waals surface area contributed by atoms with Crippen LogP contribution in [0.5, 0.6) is 0 Å². The molecule has 0 saturated heterocycles. The molecule has 0 radical (unpaired) electrons. The van der Waals surface area contributed by atoms with Gasteiger partial charge in [-0.1, -0.05) is 48.0 Å². The van der Waals surface area contributed by atoms with Gasteiger partial charge < -0.3 is 10.4 Å². The van der Waals surface area contributed by atoms with Crippen molar-refractivity contribution in [1.29, 1.82) is 0 Å². The number of hydrogen-bond acceptors (Lipinski definition) is 3. The molecule has 0 saturated carbocycles. The summed E-state index contributed by atoms with van der Waals surface area (Å²) in [5, 5.41) is 21.7. The highest BCUT2D eigenvalue weighted by Gasteiger charge is 2.08. The fourth-order valence-corrected chi connectivity index (χ4v) is 2.52. The fraction of sp³-hybridized carbons (Fsp3) is 0.235. The standard InChI is InChI=1S/C17H19N3O/c1-12-4-2-5-13(8-12)16(21)11-18-9-14-6-3-7-15-10-19-20-17(14)15/h2-8,10,16,18,21H,9,11H2,1H3,(H,19,20). The van der Waals surface area contributed by atoms with Crippen LogP contribution in [0.25, 0.3) is 10.9 Å². The maximum Gasteiger partial charge on any atom is 0.0914 e. The number of nitrogens with zero attached hydrogens (tertiary/aromatic N) is 1. The van der Waals surface area contributed by atoms with Gasteiger partial charge in [-0.3, -0.25) is 5.10 Å². The average Bonchev–Trinajstić information content (AvgIpc) is 2.96. The molecule has 1 unspecified atom stereocenters. The number of aromatic amines is 1. The highest BCUT2D eigenvalue weighted by atomic mass is 16.3. The maximum absolute atomic E-state index is 10.2. The van der Waals surface area contributed by atoms with Crippen LogP contribution in [0, 0.1) is 6.92 Å². The van der Waals surface area contributed by atoms with Crippen molar-refractivity contribution < 1.29 is 5.11 Å². The van der Waals surface area contributed by atoms with Gasteiger partial charge in [-0.2, -0.15) is 5.10 Å². The summed E-state index contributed by atoms with van der Waals surface area (Å²) < 4.78 is 0. The second kappa shape index (κ2) is 6.08. The number of aryl methyl sites for hydroxylation is 1. The van der Waals surface area contributed by atoms with Crippen molar-refractivity contribution in [2.45, 2.75) is 19.6 Å². The lowest BCUT2D eigenvalue weighted by atomic mass is 10.1. The summed E-state index contributed by atoms with van der Waals surface area (Å²) in [5.41, 5.74) is 4.31. The van der Waals surface area contributed by atoms with Crippen molar-refractivity contribution in [3.05, 3.63) is 65.4 Å². The largest absolute Gasteiger partial charge is 0.387 e. The molecule has 4 nitrogen and oxygen atoms in total. The number of aliphatic hydroxyl groups excluding tert-OH is 1. The maximum atomic E-state index is 10.2. The molecule has 2 aromatic carbocycles. The molecule has 21 heavy (non-hydrogen) atoms. The molecule has 0 bridgehead atoms. The Kier molecular flexibility index (Phi) is 3.99. The van der Waals surface area contributed by atoms with E-state index in [1.165, 1.54) is 0 Å². The highest BCUT2D eigenvalue weighted by molar-refractivity contribution is 5.81. The Balaban J connectivity index is 1.62. The van der Waals surface area contributed by atoms with E-state index < -0.39 is 6.10 Å². The van der Waals surface area contributed by atoms with Gasteiger partial charge in [0.15, 0.2) is 0 Å². The molecule has 108 valence electrons. The van der Waals surface area contributed by atoms with Crippen LogP contribution < -0.4 is 5.32 Å². The van der Waals surface area contributed by atoms with Crippen LogP contribution in [0.3, 0.4) is 0 Å². The lowest BCUT2D eigenvalue weighted by Gasteiger charge is -2.13. The summed E-state index contributed by atoms with van der Waals surface area (Å²) in [6.45, 7) is 3.25. The molecule has 1 aromatic heterocycles. The van der Waals surface area contributed by atoms with E-state index in [0.29, 0.717) is 13.1 Å². The Hall–Kier alpha value is -2.17. The summed E-state index contributed by atoms with van der Waals surface area (Å²) in [6.07, 6.45) is 1.33. The van der Waals surface area contributed by atoms with E-state index in [1.54, 1.807) is 0 Å². The third-order valence-corrected chi connectivity index (χ3v) is 3.64. The van der Waals surface area contributed by atoms with E-state index in [9.17, 15) is 5.11 Å². The minimum Gasteiger partial charge on any atom is -0.387 e. The third kappa shape index (κ3) is 3.12. The van der Waals surface area contributed by atoms with Crippen molar-refractivity contribution in [2.24, 2.45) is 0 Å². The van der Waals surface area contributed by atoms with Crippen molar-refractivity contribution in [1.82, 2.24) is 15.5 Å². The molecular weight excluding hydrogens is 262 g/mol. The smallest absolute Gasteiger partial charge is 0.0914 e. The molecule has 0 amide bonds. The molecule has 3 aromatic rings. The summed E-state index contributed by atoms with van der Waals surface area (Å²) in [7, 11) is 0. The third-order valence-electron chi connectivity index (χ3n) is 3.64. The Morgan fingerprint density at radius 3 is 2.95 bits per heavy atom. The predicted molar refractivity (Wildman–Crippen MR) is 83.9 cm³/mol. The Morgan fingerprint density at radius 2 is 2.10 bits per heavy atom. The van der Waals surface area contributed by atoms with E-state index in [-0.39, 0.29) is 0 Å². The number of benzene rings is 2. The Morgan fingerprint density at radius 1 is 1.24 bits per heavy atom. The number of rotatable bonds is 5. The minimum atomic E-state index is -0.495. The van der Waals surface area contributed by atoms with Gasteiger partial charge in [-0.05, 0) is 18.1 Å². The van der Waals surface area contributed by atoms with Crippen molar-refractivity contribution in [3.8, 4) is 0 Å². The minimum absolute atomic E-state index is 0.495. The lowest BCUT2D eigenvalue weighted by Crippen LogP contribution is -2.21. The van der Waals surface area contributed by atoms with E-state index >= 15 is 0 Å². The number of fused-ring (bicyclic) bond motifs is 1. The summed E-state index contributed by atoms with van der Waals surface area (Å²) in [4.78, 5) is 0. The monoisotopic (exact) mass is 281 g/mol. The molecule has 0 aliphatic carbocycles. The topological polar surface area (TPSA) is 60.9 Å². The molecule has 3 N–H and O–H groups in total. The van der Waals surface area contributed by atoms with Crippen LogP contribution >= 0.6 is 0 Å². The number of aliphatic hydroxyl groups is 1. The summed E-state index contributed by atoms with van der Waals surface area (Å²) >= 11 is 0. The number of aromatic nitrogens is 2. The number of nitrogens with one attached hydrogen (secondary N) is 2. The normalized spacial score (nSPS) is 12.7. The molecule has 0 aliphatic heterocycles. The first-order chi connectivity index (χ1) is 10.2. The number of H-pyrrole nitrogens is 1. The van der Waals surface area contributed by atoms with Crippen LogP contribution in [0.1, 0.15) is 22.8 Å². The zero-order valence-corrected chi connectivity index (χ0v) is 12.0. The quantitative estimate of drug-likeness (QED) is 0.674. The molecule has 4 heteroatoms. The molecule has 0 fully saturated rings. The van der Waals surface area contributed by atoms with Crippen LogP contribution in [0.4, 0.5) is 0 Å². The zero-order valence-electron chi connectivity index (χ0n) is 12.0. The van der Waals surface area contributed by atoms with E-state index in [1.807, 2.05) is 49.5 Å². The Labute approximate surface area is 123 Å². The predicted octanol–water partition coefficient (Wildman–Crippen LogP) is 2.69. The van der Waals surface area contributed by atoms with Gasteiger partial charge in [-0.15, -0.1) is 0 Å². The highest BCUT2D eigenvalue weighted by Crippen LogP contribution is 2.16. The van der Waals surface area contributed by atoms with Crippen molar-refractivity contribution in [3.63, 3.8) is 0 Å². The van der Waals surface area contributed by atoms with Gasteiger partial charge in [0.2, 0.25) is 0 Å². The molecule has 0 aliphatic rings. The second-order valence-corrected chi connectivity index (χ2v) is 5.31. The molecule has 1 atom stereocenters. The number of hydrogen-bond donors (Lipinski definition) is 3. The molecule has 3 rings (SSSR count). The van der Waals surface area contributed by atoms with Gasteiger partial charge in [0.1, 0.15) is 0 Å². The van der Waals surface area contributed by atoms with Crippen molar-refractivity contribution in [2.75, 3.05) is 6.54 Å². The van der Waals surface area contributed by atoms with Gasteiger partial charge in [-0.25, -0.2) is 0 Å². The molecule has 1 heterocycles. The zero-order chi connectivity index (χ0) is 14.7. The second-order valence-electron chi connectivity index (χ2n) is 5.31. The van der Waals surface area contributed by atoms with Crippen LogP contribution in [0.2, 0.25) is 0 Å². The Bertz CT molecular complexity index is 735. The number of para-hydroxylation sites is 1. The molecule has 0 spiro atoms. The van der Waals surface area contributed by atoms with E-state index in [2.05, 4.69) is 21.6 Å². The summed E-state index contributed by atoms with van der Waals surface area (Å²) in [6, 6.07) is 14.1. The van der Waals surface area contributed by atoms with Crippen LogP contribution in [-0.4, -0.2) is 21.8 Å². The van der Waals surface area contributed by atoms with Crippen molar-refractivity contribution >= 4 is 10.9 Å². The fourth-order valence-electron chi connectivity index (χ4n) is 2.52.